The van der Waals surface area contributed by atoms with Crippen LogP contribution in [-0.2, 0) is 6.54 Å². The van der Waals surface area contributed by atoms with Crippen molar-refractivity contribution in [3.05, 3.63) is 48.5 Å². The summed E-state index contributed by atoms with van der Waals surface area (Å²) in [6.07, 6.45) is 7.99. The van der Waals surface area contributed by atoms with Crippen LogP contribution in [0, 0.1) is 0 Å². The fraction of sp³-hybridized carbons (Fsp3) is 0.444. The Kier molecular flexibility index (Phi) is 6.25. The minimum atomic E-state index is 0. The highest BCUT2D eigenvalue weighted by Crippen LogP contribution is 2.40. The Morgan fingerprint density at radius 2 is 1.47 bits per heavy atom. The molecule has 2 aliphatic heterocycles. The van der Waals surface area contributed by atoms with E-state index in [0.29, 0.717) is 0 Å². The molecule has 6 rings (SSSR count). The second kappa shape index (κ2) is 9.29. The number of nitrogens with zero attached hydrogens (tertiary/aromatic N) is 4. The molecule has 168 valence electrons. The molecule has 2 aromatic carbocycles. The molecule has 2 aromatic heterocycles. The van der Waals surface area contributed by atoms with E-state index in [4.69, 9.17) is 4.98 Å². The molecule has 0 atom stereocenters. The van der Waals surface area contributed by atoms with Gasteiger partial charge >= 0.3 is 0 Å². The van der Waals surface area contributed by atoms with E-state index in [2.05, 4.69) is 62.9 Å². The summed E-state index contributed by atoms with van der Waals surface area (Å²) in [7, 11) is 0. The van der Waals surface area contributed by atoms with Gasteiger partial charge in [0.1, 0.15) is 0 Å². The van der Waals surface area contributed by atoms with Crippen LogP contribution in [0.2, 0.25) is 0 Å². The van der Waals surface area contributed by atoms with Crippen molar-refractivity contribution in [2.45, 2.75) is 45.1 Å². The molecule has 4 nitrogen and oxygen atoms in total. The molecule has 2 aliphatic rings. The van der Waals surface area contributed by atoms with Gasteiger partial charge in [0.25, 0.3) is 0 Å². The number of benzene rings is 2. The summed E-state index contributed by atoms with van der Waals surface area (Å²) < 4.78 is 2.54. The molecule has 0 N–H and O–H groups in total. The topological polar surface area (TPSA) is 24.3 Å². The molecule has 5 heteroatoms. The van der Waals surface area contributed by atoms with Crippen LogP contribution in [0.5, 0.6) is 0 Å². The predicted molar refractivity (Wildman–Crippen MR) is 138 cm³/mol. The van der Waals surface area contributed by atoms with Gasteiger partial charge in [0, 0.05) is 30.4 Å². The fourth-order valence-corrected chi connectivity index (χ4v) is 5.81. The van der Waals surface area contributed by atoms with Gasteiger partial charge in [-0.1, -0.05) is 49.2 Å². The van der Waals surface area contributed by atoms with Gasteiger partial charge in [-0.3, -0.25) is 0 Å². The van der Waals surface area contributed by atoms with Gasteiger partial charge < -0.3 is 14.4 Å². The van der Waals surface area contributed by atoms with Crippen LogP contribution in [0.1, 0.15) is 38.5 Å². The lowest BCUT2D eigenvalue weighted by Crippen LogP contribution is -2.31. The Balaban J connectivity index is 0.00000216. The third-order valence-corrected chi connectivity index (χ3v) is 7.29. The number of pyridine rings is 1. The number of hydrogen-bond acceptors (Lipinski definition) is 3. The maximum Gasteiger partial charge on any atom is 0.0988 e. The second-order valence-corrected chi connectivity index (χ2v) is 9.29. The summed E-state index contributed by atoms with van der Waals surface area (Å²) in [5.41, 5.74) is 6.36. The monoisotopic (exact) mass is 448 g/mol. The average molecular weight is 449 g/mol. The summed E-state index contributed by atoms with van der Waals surface area (Å²) in [4.78, 5) is 10.5. The molecule has 0 radical (unpaired) electrons. The van der Waals surface area contributed by atoms with E-state index in [-0.39, 0.29) is 12.4 Å². The highest BCUT2D eigenvalue weighted by Gasteiger charge is 2.24. The number of aromatic nitrogens is 2. The molecule has 32 heavy (non-hydrogen) atoms. The van der Waals surface area contributed by atoms with Crippen molar-refractivity contribution in [2.24, 2.45) is 0 Å². The third-order valence-electron chi connectivity index (χ3n) is 7.29. The highest BCUT2D eigenvalue weighted by atomic mass is 35.5. The standard InChI is InChI=1S/C27H32N4.ClH/c1-2-8-16-29(15-7-1)17-9-18-30-19-10-20-31-24-14-6-4-12-22(24)25-27(31)26(30)21-11-3-5-13-23(21)28-25;/h3-6,11-14H,1-2,7-10,15-20H2;1H. The van der Waals surface area contributed by atoms with E-state index in [9.17, 15) is 0 Å². The maximum absolute atomic E-state index is 5.15. The number of para-hydroxylation sites is 2. The maximum atomic E-state index is 5.15. The number of anilines is 1. The molecule has 1 saturated heterocycles. The number of fused-ring (bicyclic) bond motifs is 5. The Labute approximate surface area is 196 Å². The van der Waals surface area contributed by atoms with Gasteiger partial charge in [0.15, 0.2) is 0 Å². The fourth-order valence-electron chi connectivity index (χ4n) is 5.81. The molecule has 0 saturated carbocycles. The second-order valence-electron chi connectivity index (χ2n) is 9.29. The van der Waals surface area contributed by atoms with Crippen LogP contribution >= 0.6 is 12.4 Å². The van der Waals surface area contributed by atoms with Crippen molar-refractivity contribution in [3.63, 3.8) is 0 Å². The molecule has 0 aliphatic carbocycles. The SMILES string of the molecule is Cl.c1ccc2c3c4c(nc2c1)c1ccccc1n4CCCN3CCCN1CCCCCC1. The van der Waals surface area contributed by atoms with Gasteiger partial charge in [-0.05, 0) is 57.5 Å². The Bertz CT molecular complexity index is 1220. The molecule has 0 unspecified atom stereocenters. The molecular formula is C27H33ClN4. The average Bonchev–Trinajstić information content (AvgIpc) is 3.00. The molecule has 4 aromatic rings. The minimum Gasteiger partial charge on any atom is -0.369 e. The summed E-state index contributed by atoms with van der Waals surface area (Å²) in [6, 6.07) is 17.5. The van der Waals surface area contributed by atoms with Crippen molar-refractivity contribution in [3.8, 4) is 0 Å². The first-order valence-electron chi connectivity index (χ1n) is 12.2. The first kappa shape index (κ1) is 21.5. The van der Waals surface area contributed by atoms with E-state index in [1.165, 1.54) is 91.2 Å². The Morgan fingerprint density at radius 1 is 0.719 bits per heavy atom. The smallest absolute Gasteiger partial charge is 0.0988 e. The van der Waals surface area contributed by atoms with Crippen molar-refractivity contribution in [1.82, 2.24) is 14.5 Å². The van der Waals surface area contributed by atoms with E-state index in [1.807, 2.05) is 0 Å². The van der Waals surface area contributed by atoms with Crippen molar-refractivity contribution >= 4 is 50.9 Å². The minimum absolute atomic E-state index is 0. The predicted octanol–water partition coefficient (Wildman–Crippen LogP) is 6.24. The van der Waals surface area contributed by atoms with Gasteiger partial charge in [0.05, 0.1) is 27.8 Å². The molecule has 0 spiro atoms. The van der Waals surface area contributed by atoms with E-state index >= 15 is 0 Å². The Hall–Kier alpha value is -2.30. The van der Waals surface area contributed by atoms with Gasteiger partial charge in [-0.2, -0.15) is 0 Å². The van der Waals surface area contributed by atoms with Crippen molar-refractivity contribution < 1.29 is 0 Å². The molecular weight excluding hydrogens is 416 g/mol. The molecule has 1 fully saturated rings. The van der Waals surface area contributed by atoms with Crippen LogP contribution in [-0.4, -0.2) is 47.2 Å². The zero-order chi connectivity index (χ0) is 20.6. The van der Waals surface area contributed by atoms with Crippen LogP contribution in [0.15, 0.2) is 48.5 Å². The summed E-state index contributed by atoms with van der Waals surface area (Å²) in [5.74, 6) is 0. The molecule has 4 heterocycles. The van der Waals surface area contributed by atoms with E-state index in [0.717, 1.165) is 25.2 Å². The van der Waals surface area contributed by atoms with Gasteiger partial charge in [-0.15, -0.1) is 12.4 Å². The van der Waals surface area contributed by atoms with Crippen molar-refractivity contribution in [2.75, 3.05) is 37.6 Å². The lowest BCUT2D eigenvalue weighted by molar-refractivity contribution is 0.282. The third kappa shape index (κ3) is 3.74. The zero-order valence-corrected chi connectivity index (χ0v) is 19.6. The number of halogens is 1. The highest BCUT2D eigenvalue weighted by molar-refractivity contribution is 6.16. The van der Waals surface area contributed by atoms with E-state index < -0.39 is 0 Å². The van der Waals surface area contributed by atoms with Crippen molar-refractivity contribution in [1.29, 1.82) is 0 Å². The van der Waals surface area contributed by atoms with Gasteiger partial charge in [0.2, 0.25) is 0 Å². The number of likely N-dealkylation sites (tertiary alicyclic amines) is 1. The first-order valence-corrected chi connectivity index (χ1v) is 12.2. The largest absolute Gasteiger partial charge is 0.369 e. The number of rotatable bonds is 4. The van der Waals surface area contributed by atoms with Crippen LogP contribution in [0.25, 0.3) is 32.8 Å². The normalized spacial score (nSPS) is 17.4. The van der Waals surface area contributed by atoms with Crippen LogP contribution < -0.4 is 4.90 Å². The lowest BCUT2D eigenvalue weighted by Gasteiger charge is -2.27. The summed E-state index contributed by atoms with van der Waals surface area (Å²) in [6.45, 7) is 7.12. The first-order chi connectivity index (χ1) is 15.4. The summed E-state index contributed by atoms with van der Waals surface area (Å²) >= 11 is 0. The number of aryl methyl sites for hydroxylation is 1. The van der Waals surface area contributed by atoms with E-state index in [1.54, 1.807) is 0 Å². The lowest BCUT2D eigenvalue weighted by atomic mass is 10.1. The Morgan fingerprint density at radius 3 is 2.31 bits per heavy atom. The molecule has 0 amide bonds. The molecule has 0 bridgehead atoms. The van der Waals surface area contributed by atoms with Crippen LogP contribution in [0.4, 0.5) is 5.69 Å². The quantitative estimate of drug-likeness (QED) is 0.369. The number of hydrogen-bond donors (Lipinski definition) is 0. The van der Waals surface area contributed by atoms with Crippen LogP contribution in [0.3, 0.4) is 0 Å². The zero-order valence-electron chi connectivity index (χ0n) is 18.8. The summed E-state index contributed by atoms with van der Waals surface area (Å²) in [5, 5.41) is 2.59. The van der Waals surface area contributed by atoms with Gasteiger partial charge in [-0.25, -0.2) is 4.98 Å².